The van der Waals surface area contributed by atoms with Crippen LogP contribution in [0.2, 0.25) is 0 Å². The van der Waals surface area contributed by atoms with Crippen molar-refractivity contribution in [2.24, 2.45) is 0 Å². The summed E-state index contributed by atoms with van der Waals surface area (Å²) in [5.41, 5.74) is 6.64. The van der Waals surface area contributed by atoms with E-state index in [1.807, 2.05) is 0 Å². The summed E-state index contributed by atoms with van der Waals surface area (Å²) in [4.78, 5) is 22.9. The number of hydrogen-bond donors (Lipinski definition) is 2. The van der Waals surface area contributed by atoms with Crippen molar-refractivity contribution in [3.8, 4) is 11.6 Å². The lowest BCUT2D eigenvalue weighted by Gasteiger charge is -2.09. The molecule has 0 fully saturated rings. The minimum atomic E-state index is -0.342. The Morgan fingerprint density at radius 1 is 1.19 bits per heavy atom. The molecule has 0 saturated carbocycles. The van der Waals surface area contributed by atoms with Gasteiger partial charge in [-0.3, -0.25) is 9.59 Å². The fourth-order valence-electron chi connectivity index (χ4n) is 1.65. The summed E-state index contributed by atoms with van der Waals surface area (Å²) < 4.78 is 5.51. The molecule has 0 atom stereocenters. The van der Waals surface area contributed by atoms with E-state index in [1.165, 1.54) is 32.2 Å². The summed E-state index contributed by atoms with van der Waals surface area (Å²) >= 11 is 0. The van der Waals surface area contributed by atoms with Crippen LogP contribution in [0.3, 0.4) is 0 Å². The first-order chi connectivity index (χ1) is 10.0. The van der Waals surface area contributed by atoms with Crippen LogP contribution in [0, 0.1) is 0 Å². The van der Waals surface area contributed by atoms with Gasteiger partial charge in [0.25, 0.3) is 5.91 Å². The van der Waals surface area contributed by atoms with Gasteiger partial charge in [-0.25, -0.2) is 0 Å². The Kier molecular flexibility index (Phi) is 4.13. The highest BCUT2D eigenvalue weighted by atomic mass is 16.5. The number of nitrogens with two attached hydrogens (primary N) is 1. The highest BCUT2D eigenvalue weighted by Crippen LogP contribution is 2.26. The van der Waals surface area contributed by atoms with Crippen LogP contribution in [0.4, 0.5) is 5.69 Å². The molecule has 2 rings (SSSR count). The number of nitrogen functional groups attached to an aromatic ring is 1. The Morgan fingerprint density at radius 2 is 1.95 bits per heavy atom. The summed E-state index contributed by atoms with van der Waals surface area (Å²) in [6.45, 7) is 1.42. The van der Waals surface area contributed by atoms with Crippen molar-refractivity contribution >= 4 is 17.4 Å². The van der Waals surface area contributed by atoms with Crippen LogP contribution in [-0.4, -0.2) is 28.9 Å². The lowest BCUT2D eigenvalue weighted by molar-refractivity contribution is 0.0956. The normalized spacial score (nSPS) is 10.0. The molecule has 0 saturated heterocycles. The van der Waals surface area contributed by atoms with E-state index in [0.29, 0.717) is 17.0 Å². The van der Waals surface area contributed by atoms with E-state index in [4.69, 9.17) is 10.5 Å². The minimum Gasteiger partial charge on any atom is -0.437 e. The molecule has 2 aromatic rings. The summed E-state index contributed by atoms with van der Waals surface area (Å²) in [5.74, 6) is -0.00758. The fourth-order valence-corrected chi connectivity index (χ4v) is 1.65. The second-order valence-electron chi connectivity index (χ2n) is 4.25. The van der Waals surface area contributed by atoms with Gasteiger partial charge < -0.3 is 15.8 Å². The predicted octanol–water partition coefficient (Wildman–Crippen LogP) is 1.41. The number of aromatic nitrogens is 2. The van der Waals surface area contributed by atoms with Crippen LogP contribution in [0.25, 0.3) is 0 Å². The molecule has 0 unspecified atom stereocenters. The van der Waals surface area contributed by atoms with E-state index < -0.39 is 0 Å². The standard InChI is InChI=1S/C14H14N4O3/c1-8(19)10-7-9(15)3-5-12(10)21-13-6-4-11(17-18-13)14(20)16-2/h3-7H,15H2,1-2H3,(H,16,20). The van der Waals surface area contributed by atoms with Crippen molar-refractivity contribution in [3.63, 3.8) is 0 Å². The average Bonchev–Trinajstić information content (AvgIpc) is 2.49. The number of nitrogens with one attached hydrogen (secondary N) is 1. The number of ketones is 1. The van der Waals surface area contributed by atoms with Gasteiger partial charge in [0.2, 0.25) is 5.88 Å². The Bertz CT molecular complexity index is 683. The molecule has 0 radical (unpaired) electrons. The van der Waals surface area contributed by atoms with Crippen LogP contribution in [-0.2, 0) is 0 Å². The SMILES string of the molecule is CNC(=O)c1ccc(Oc2ccc(N)cc2C(C)=O)nn1. The fraction of sp³-hybridized carbons (Fsp3) is 0.143. The maximum absolute atomic E-state index is 11.6. The zero-order valence-electron chi connectivity index (χ0n) is 11.6. The molecule has 7 heteroatoms. The molecule has 21 heavy (non-hydrogen) atoms. The van der Waals surface area contributed by atoms with Gasteiger partial charge in [0, 0.05) is 18.8 Å². The number of anilines is 1. The highest BCUT2D eigenvalue weighted by molar-refractivity contribution is 5.97. The van der Waals surface area contributed by atoms with Crippen LogP contribution in [0.15, 0.2) is 30.3 Å². The maximum atomic E-state index is 11.6. The Balaban J connectivity index is 2.26. The smallest absolute Gasteiger partial charge is 0.271 e. The van der Waals surface area contributed by atoms with Crippen molar-refractivity contribution in [1.29, 1.82) is 0 Å². The second-order valence-corrected chi connectivity index (χ2v) is 4.25. The third kappa shape index (κ3) is 3.33. The molecule has 7 nitrogen and oxygen atoms in total. The van der Waals surface area contributed by atoms with Gasteiger partial charge >= 0.3 is 0 Å². The molecular formula is C14H14N4O3. The largest absolute Gasteiger partial charge is 0.437 e. The predicted molar refractivity (Wildman–Crippen MR) is 76.4 cm³/mol. The number of rotatable bonds is 4. The van der Waals surface area contributed by atoms with E-state index in [0.717, 1.165) is 0 Å². The van der Waals surface area contributed by atoms with Crippen molar-refractivity contribution in [2.45, 2.75) is 6.92 Å². The lowest BCUT2D eigenvalue weighted by atomic mass is 10.1. The number of hydrogen-bond acceptors (Lipinski definition) is 6. The third-order valence-electron chi connectivity index (χ3n) is 2.70. The average molecular weight is 286 g/mol. The first-order valence-corrected chi connectivity index (χ1v) is 6.15. The molecule has 0 aliphatic rings. The molecule has 1 aromatic carbocycles. The van der Waals surface area contributed by atoms with E-state index in [2.05, 4.69) is 15.5 Å². The van der Waals surface area contributed by atoms with Crippen LogP contribution in [0.1, 0.15) is 27.8 Å². The number of ether oxygens (including phenoxy) is 1. The molecule has 108 valence electrons. The second kappa shape index (κ2) is 6.00. The number of benzene rings is 1. The summed E-state index contributed by atoms with van der Waals surface area (Å²) in [6, 6.07) is 7.71. The van der Waals surface area contributed by atoms with Gasteiger partial charge in [0.05, 0.1) is 5.56 Å². The molecule has 0 aliphatic heterocycles. The molecule has 1 amide bonds. The topological polar surface area (TPSA) is 107 Å². The third-order valence-corrected chi connectivity index (χ3v) is 2.70. The first kappa shape index (κ1) is 14.4. The summed E-state index contributed by atoms with van der Waals surface area (Å²) in [6.07, 6.45) is 0. The molecule has 0 bridgehead atoms. The van der Waals surface area contributed by atoms with Crippen molar-refractivity contribution in [1.82, 2.24) is 15.5 Å². The molecule has 0 aliphatic carbocycles. The van der Waals surface area contributed by atoms with Gasteiger partial charge in [-0.1, -0.05) is 0 Å². The maximum Gasteiger partial charge on any atom is 0.271 e. The number of amides is 1. The zero-order valence-corrected chi connectivity index (χ0v) is 11.6. The van der Waals surface area contributed by atoms with E-state index >= 15 is 0 Å². The van der Waals surface area contributed by atoms with E-state index in [-0.39, 0.29) is 23.3 Å². The van der Waals surface area contributed by atoms with Gasteiger partial charge in [-0.2, -0.15) is 0 Å². The molecular weight excluding hydrogens is 272 g/mol. The Hall–Kier alpha value is -2.96. The number of carbonyl (C=O) groups is 2. The van der Waals surface area contributed by atoms with Crippen LogP contribution in [0.5, 0.6) is 11.6 Å². The van der Waals surface area contributed by atoms with Gasteiger partial charge in [-0.15, -0.1) is 10.2 Å². The number of carbonyl (C=O) groups excluding carboxylic acids is 2. The summed E-state index contributed by atoms with van der Waals surface area (Å²) in [5, 5.41) is 9.97. The zero-order chi connectivity index (χ0) is 15.4. The quantitative estimate of drug-likeness (QED) is 0.650. The van der Waals surface area contributed by atoms with Gasteiger partial charge in [0.15, 0.2) is 11.5 Å². The van der Waals surface area contributed by atoms with Crippen molar-refractivity contribution < 1.29 is 14.3 Å². The van der Waals surface area contributed by atoms with E-state index in [9.17, 15) is 9.59 Å². The highest BCUT2D eigenvalue weighted by Gasteiger charge is 2.12. The lowest BCUT2D eigenvalue weighted by Crippen LogP contribution is -2.19. The van der Waals surface area contributed by atoms with Crippen LogP contribution >= 0.6 is 0 Å². The van der Waals surface area contributed by atoms with Crippen molar-refractivity contribution in [2.75, 3.05) is 12.8 Å². The minimum absolute atomic E-state index is 0.174. The number of nitrogens with zero attached hydrogens (tertiary/aromatic N) is 2. The Labute approximate surface area is 121 Å². The molecule has 1 aromatic heterocycles. The molecule has 3 N–H and O–H groups in total. The molecule has 1 heterocycles. The van der Waals surface area contributed by atoms with Gasteiger partial charge in [0.1, 0.15) is 5.75 Å². The van der Waals surface area contributed by atoms with Crippen LogP contribution < -0.4 is 15.8 Å². The van der Waals surface area contributed by atoms with E-state index in [1.54, 1.807) is 12.1 Å². The molecule has 0 spiro atoms. The Morgan fingerprint density at radius 3 is 2.52 bits per heavy atom. The van der Waals surface area contributed by atoms with Crippen molar-refractivity contribution in [3.05, 3.63) is 41.6 Å². The first-order valence-electron chi connectivity index (χ1n) is 6.15. The number of Topliss-reactive ketones (excluding diaryl/α,β-unsaturated/α-hetero) is 1. The van der Waals surface area contributed by atoms with Gasteiger partial charge in [-0.05, 0) is 31.2 Å². The summed E-state index contributed by atoms with van der Waals surface area (Å²) in [7, 11) is 1.50. The monoisotopic (exact) mass is 286 g/mol.